The van der Waals surface area contributed by atoms with E-state index in [2.05, 4.69) is 27.7 Å². The van der Waals surface area contributed by atoms with Gasteiger partial charge in [0.1, 0.15) is 0 Å². The highest BCUT2D eigenvalue weighted by Crippen LogP contribution is 2.20. The summed E-state index contributed by atoms with van der Waals surface area (Å²) in [5.41, 5.74) is 0. The highest BCUT2D eigenvalue weighted by Gasteiger charge is 2.04. The molecular formula is C37H76. The molecule has 0 N–H and O–H groups in total. The molecule has 0 rings (SSSR count). The topological polar surface area (TPSA) is 0 Å². The molecule has 37 heavy (non-hydrogen) atoms. The molecule has 224 valence electrons. The van der Waals surface area contributed by atoms with Gasteiger partial charge < -0.3 is 0 Å². The molecule has 0 aromatic heterocycles. The van der Waals surface area contributed by atoms with Gasteiger partial charge >= 0.3 is 0 Å². The van der Waals surface area contributed by atoms with Gasteiger partial charge in [0.25, 0.3) is 0 Å². The normalized spacial score (nSPS) is 13.3. The standard InChI is InChI=1S/C37H76/c1-5-7-9-10-11-12-13-14-15-16-17-18-19-20-21-22-23-24-26-29-34-37(4)35-31-28-25-27-30-33-36(3)32-8-6-2/h36-37H,5-35H2,1-4H3. The summed E-state index contributed by atoms with van der Waals surface area (Å²) in [6.07, 6.45) is 45.7. The number of rotatable bonds is 32. The van der Waals surface area contributed by atoms with Crippen molar-refractivity contribution in [2.24, 2.45) is 11.8 Å². The Hall–Kier alpha value is 0. The van der Waals surface area contributed by atoms with Crippen molar-refractivity contribution in [3.63, 3.8) is 0 Å². The minimum absolute atomic E-state index is 0.962. The van der Waals surface area contributed by atoms with Crippen molar-refractivity contribution < 1.29 is 0 Å². The van der Waals surface area contributed by atoms with E-state index in [0.717, 1.165) is 11.8 Å². The monoisotopic (exact) mass is 521 g/mol. The average Bonchev–Trinajstić information content (AvgIpc) is 2.90. The van der Waals surface area contributed by atoms with Crippen molar-refractivity contribution in [1.82, 2.24) is 0 Å². The van der Waals surface area contributed by atoms with Crippen LogP contribution in [-0.4, -0.2) is 0 Å². The quantitative estimate of drug-likeness (QED) is 0.0773. The summed E-state index contributed by atoms with van der Waals surface area (Å²) in [7, 11) is 0. The van der Waals surface area contributed by atoms with Gasteiger partial charge in [-0.2, -0.15) is 0 Å². The lowest BCUT2D eigenvalue weighted by molar-refractivity contribution is 0.420. The first-order valence-electron chi connectivity index (χ1n) is 18.2. The molecule has 0 spiro atoms. The van der Waals surface area contributed by atoms with Gasteiger partial charge in [-0.05, 0) is 11.8 Å². The lowest BCUT2D eigenvalue weighted by Gasteiger charge is -2.12. The molecule has 0 saturated heterocycles. The Bertz CT molecular complexity index is 385. The van der Waals surface area contributed by atoms with Crippen molar-refractivity contribution in [2.75, 3.05) is 0 Å². The van der Waals surface area contributed by atoms with Gasteiger partial charge in [0, 0.05) is 0 Å². The van der Waals surface area contributed by atoms with Crippen LogP contribution in [-0.2, 0) is 0 Å². The molecule has 0 nitrogen and oxygen atoms in total. The zero-order chi connectivity index (χ0) is 27.1. The molecular weight excluding hydrogens is 444 g/mol. The van der Waals surface area contributed by atoms with Crippen LogP contribution in [0.15, 0.2) is 0 Å². The van der Waals surface area contributed by atoms with Crippen molar-refractivity contribution in [3.8, 4) is 0 Å². The van der Waals surface area contributed by atoms with Crippen LogP contribution < -0.4 is 0 Å². The van der Waals surface area contributed by atoms with E-state index in [0.29, 0.717) is 0 Å². The largest absolute Gasteiger partial charge is 0.0654 e. The van der Waals surface area contributed by atoms with Gasteiger partial charge in [-0.1, -0.05) is 227 Å². The van der Waals surface area contributed by atoms with Gasteiger partial charge in [-0.15, -0.1) is 0 Å². The smallest absolute Gasteiger partial charge is 0.0443 e. The first kappa shape index (κ1) is 37.0. The predicted octanol–water partition coefficient (Wildman–Crippen LogP) is 14.4. The molecule has 0 aliphatic rings. The third-order valence-electron chi connectivity index (χ3n) is 8.99. The van der Waals surface area contributed by atoms with Gasteiger partial charge in [-0.3, -0.25) is 0 Å². The van der Waals surface area contributed by atoms with Crippen molar-refractivity contribution >= 4 is 0 Å². The summed E-state index contributed by atoms with van der Waals surface area (Å²) in [5, 5.41) is 0. The summed E-state index contributed by atoms with van der Waals surface area (Å²) in [6, 6.07) is 0. The van der Waals surface area contributed by atoms with Crippen LogP contribution in [0.3, 0.4) is 0 Å². The Kier molecular flexibility index (Phi) is 32.2. The maximum Gasteiger partial charge on any atom is -0.0443 e. The number of unbranched alkanes of at least 4 members (excludes halogenated alkanes) is 24. The van der Waals surface area contributed by atoms with Crippen molar-refractivity contribution in [1.29, 1.82) is 0 Å². The van der Waals surface area contributed by atoms with Crippen LogP contribution in [0.2, 0.25) is 0 Å². The third-order valence-corrected chi connectivity index (χ3v) is 8.99. The molecule has 0 fully saturated rings. The maximum atomic E-state index is 2.50. The van der Waals surface area contributed by atoms with E-state index in [1.54, 1.807) is 0 Å². The first-order valence-corrected chi connectivity index (χ1v) is 18.2. The molecule has 0 aromatic carbocycles. The minimum Gasteiger partial charge on any atom is -0.0654 e. The lowest BCUT2D eigenvalue weighted by atomic mass is 9.94. The molecule has 2 unspecified atom stereocenters. The maximum absolute atomic E-state index is 2.50. The molecule has 0 amide bonds. The Balaban J connectivity index is 3.16. The average molecular weight is 521 g/mol. The van der Waals surface area contributed by atoms with Crippen molar-refractivity contribution in [2.45, 2.75) is 227 Å². The zero-order valence-corrected chi connectivity index (χ0v) is 27.1. The molecule has 0 aliphatic heterocycles. The van der Waals surface area contributed by atoms with Gasteiger partial charge in [0.2, 0.25) is 0 Å². The van der Waals surface area contributed by atoms with Gasteiger partial charge in [-0.25, -0.2) is 0 Å². The highest BCUT2D eigenvalue weighted by molar-refractivity contribution is 4.58. The van der Waals surface area contributed by atoms with Gasteiger partial charge in [0.15, 0.2) is 0 Å². The predicted molar refractivity (Wildman–Crippen MR) is 173 cm³/mol. The Morgan fingerprint density at radius 3 is 0.676 bits per heavy atom. The second-order valence-electron chi connectivity index (χ2n) is 13.2. The van der Waals surface area contributed by atoms with E-state index in [9.17, 15) is 0 Å². The van der Waals surface area contributed by atoms with Crippen LogP contribution in [0.25, 0.3) is 0 Å². The fourth-order valence-corrected chi connectivity index (χ4v) is 6.11. The molecule has 0 bridgehead atoms. The van der Waals surface area contributed by atoms with E-state index in [1.807, 2.05) is 0 Å². The Morgan fingerprint density at radius 1 is 0.243 bits per heavy atom. The minimum atomic E-state index is 0.962. The summed E-state index contributed by atoms with van der Waals surface area (Å²) < 4.78 is 0. The summed E-state index contributed by atoms with van der Waals surface area (Å²) in [5.74, 6) is 1.92. The first-order chi connectivity index (χ1) is 18.2. The van der Waals surface area contributed by atoms with Crippen LogP contribution in [0.1, 0.15) is 227 Å². The Labute approximate surface area is 238 Å². The van der Waals surface area contributed by atoms with E-state index < -0.39 is 0 Å². The molecule has 0 aliphatic carbocycles. The fraction of sp³-hybridized carbons (Fsp3) is 1.00. The van der Waals surface area contributed by atoms with E-state index in [1.165, 1.54) is 199 Å². The fourth-order valence-electron chi connectivity index (χ4n) is 6.11. The molecule has 0 saturated carbocycles. The van der Waals surface area contributed by atoms with Crippen LogP contribution >= 0.6 is 0 Å². The molecule has 2 atom stereocenters. The van der Waals surface area contributed by atoms with E-state index in [4.69, 9.17) is 0 Å². The second-order valence-corrected chi connectivity index (χ2v) is 13.2. The molecule has 0 heteroatoms. The van der Waals surface area contributed by atoms with Gasteiger partial charge in [0.05, 0.1) is 0 Å². The third kappa shape index (κ3) is 32.1. The summed E-state index contributed by atoms with van der Waals surface area (Å²) in [4.78, 5) is 0. The molecule has 0 heterocycles. The van der Waals surface area contributed by atoms with E-state index >= 15 is 0 Å². The number of hydrogen-bond acceptors (Lipinski definition) is 0. The second kappa shape index (κ2) is 32.2. The van der Waals surface area contributed by atoms with Crippen LogP contribution in [0.4, 0.5) is 0 Å². The summed E-state index contributed by atoms with van der Waals surface area (Å²) >= 11 is 0. The number of hydrogen-bond donors (Lipinski definition) is 0. The van der Waals surface area contributed by atoms with Crippen molar-refractivity contribution in [3.05, 3.63) is 0 Å². The lowest BCUT2D eigenvalue weighted by Crippen LogP contribution is -1.96. The van der Waals surface area contributed by atoms with Crippen LogP contribution in [0.5, 0.6) is 0 Å². The SMILES string of the molecule is CCCCCCCCCCCCCCCCCCCCCCC(C)CCCCCCCC(C)CCCC. The summed E-state index contributed by atoms with van der Waals surface area (Å²) in [6.45, 7) is 9.59. The zero-order valence-electron chi connectivity index (χ0n) is 27.1. The molecule has 0 aromatic rings. The van der Waals surface area contributed by atoms with E-state index in [-0.39, 0.29) is 0 Å². The Morgan fingerprint density at radius 2 is 0.432 bits per heavy atom. The highest BCUT2D eigenvalue weighted by atomic mass is 14.1. The molecule has 0 radical (unpaired) electrons. The van der Waals surface area contributed by atoms with Crippen LogP contribution in [0, 0.1) is 11.8 Å².